The number of para-hydroxylation sites is 1. The third-order valence-electron chi connectivity index (χ3n) is 7.53. The van der Waals surface area contributed by atoms with Crippen LogP contribution in [0.1, 0.15) is 47.5 Å². The van der Waals surface area contributed by atoms with E-state index in [1.807, 2.05) is 52.1 Å². The SMILES string of the molecule is CC(C)=CCN1c2c(n(C)c(=O)n(-c3ccnc4ccccc34)c2=O)N(C)C1N1CCCC(NOC(C)(C)C)C1. The summed E-state index contributed by atoms with van der Waals surface area (Å²) in [4.78, 5) is 45.1. The number of likely N-dealkylation sites (tertiary alicyclic amines) is 1. The van der Waals surface area contributed by atoms with Gasteiger partial charge >= 0.3 is 5.69 Å². The van der Waals surface area contributed by atoms with E-state index in [4.69, 9.17) is 4.84 Å². The first-order valence-electron chi connectivity index (χ1n) is 14.0. The van der Waals surface area contributed by atoms with Crippen LogP contribution in [0.3, 0.4) is 0 Å². The average Bonchev–Trinajstić information content (AvgIpc) is 3.21. The van der Waals surface area contributed by atoms with Gasteiger partial charge in [-0.3, -0.25) is 24.1 Å². The summed E-state index contributed by atoms with van der Waals surface area (Å²) >= 11 is 0. The van der Waals surface area contributed by atoms with E-state index >= 15 is 0 Å². The largest absolute Gasteiger partial charge is 0.337 e. The fourth-order valence-corrected chi connectivity index (χ4v) is 5.75. The molecular formula is C30H41N7O3. The number of hydroxylamine groups is 1. The number of allylic oxidation sites excluding steroid dienone is 1. The lowest BCUT2D eigenvalue weighted by molar-refractivity contribution is -0.0982. The molecule has 0 spiro atoms. The maximum Gasteiger partial charge on any atom is 0.337 e. The van der Waals surface area contributed by atoms with Crippen LogP contribution in [0.15, 0.2) is 57.8 Å². The zero-order valence-corrected chi connectivity index (χ0v) is 24.6. The van der Waals surface area contributed by atoms with Gasteiger partial charge in [-0.2, -0.15) is 5.48 Å². The highest BCUT2D eigenvalue weighted by Gasteiger charge is 2.43. The summed E-state index contributed by atoms with van der Waals surface area (Å²) in [5.41, 5.74) is 5.23. The predicted molar refractivity (Wildman–Crippen MR) is 160 cm³/mol. The van der Waals surface area contributed by atoms with Crippen molar-refractivity contribution >= 4 is 22.4 Å². The number of hydrogen-bond acceptors (Lipinski definition) is 8. The van der Waals surface area contributed by atoms with Crippen molar-refractivity contribution in [1.82, 2.24) is 24.5 Å². The summed E-state index contributed by atoms with van der Waals surface area (Å²) in [6.07, 6.45) is 5.55. The Hall–Kier alpha value is -3.47. The maximum absolute atomic E-state index is 14.4. The summed E-state index contributed by atoms with van der Waals surface area (Å²) in [5, 5.41) is 0.756. The van der Waals surface area contributed by atoms with E-state index < -0.39 is 0 Å². The number of fused-ring (bicyclic) bond motifs is 2. The first-order chi connectivity index (χ1) is 19.0. The van der Waals surface area contributed by atoms with Gasteiger partial charge in [0.25, 0.3) is 5.56 Å². The highest BCUT2D eigenvalue weighted by atomic mass is 16.7. The van der Waals surface area contributed by atoms with Gasteiger partial charge in [0.05, 0.1) is 16.8 Å². The van der Waals surface area contributed by atoms with Crippen molar-refractivity contribution < 1.29 is 4.84 Å². The first-order valence-corrected chi connectivity index (χ1v) is 14.0. The fourth-order valence-electron chi connectivity index (χ4n) is 5.75. The second kappa shape index (κ2) is 10.8. The zero-order chi connectivity index (χ0) is 28.8. The second-order valence-corrected chi connectivity index (χ2v) is 12.1. The summed E-state index contributed by atoms with van der Waals surface area (Å²) in [7, 11) is 3.72. The van der Waals surface area contributed by atoms with Crippen LogP contribution >= 0.6 is 0 Å². The summed E-state index contributed by atoms with van der Waals surface area (Å²) in [5.74, 6) is 0.623. The molecule has 2 aliphatic heterocycles. The van der Waals surface area contributed by atoms with Gasteiger partial charge in [0.15, 0.2) is 6.29 Å². The van der Waals surface area contributed by atoms with Crippen LogP contribution in [0, 0.1) is 0 Å². The van der Waals surface area contributed by atoms with E-state index in [2.05, 4.69) is 45.1 Å². The Morgan fingerprint density at radius 1 is 1.15 bits per heavy atom. The van der Waals surface area contributed by atoms with Crippen LogP contribution in [-0.2, 0) is 11.9 Å². The Morgan fingerprint density at radius 3 is 2.62 bits per heavy atom. The van der Waals surface area contributed by atoms with E-state index in [0.717, 1.165) is 42.4 Å². The lowest BCUT2D eigenvalue weighted by atomic mass is 10.1. The Kier molecular flexibility index (Phi) is 7.60. The van der Waals surface area contributed by atoms with Crippen molar-refractivity contribution in [2.24, 2.45) is 7.05 Å². The highest BCUT2D eigenvalue weighted by molar-refractivity contribution is 5.87. The quantitative estimate of drug-likeness (QED) is 0.371. The maximum atomic E-state index is 14.4. The number of anilines is 2. The minimum atomic E-state index is -0.383. The molecule has 1 N–H and O–H groups in total. The molecule has 5 rings (SSSR count). The molecule has 4 heterocycles. The highest BCUT2D eigenvalue weighted by Crippen LogP contribution is 2.37. The van der Waals surface area contributed by atoms with Crippen LogP contribution in [0.2, 0.25) is 0 Å². The smallest absolute Gasteiger partial charge is 0.327 e. The van der Waals surface area contributed by atoms with Gasteiger partial charge in [0.1, 0.15) is 11.5 Å². The third-order valence-corrected chi connectivity index (χ3v) is 7.53. The molecule has 10 heteroatoms. The van der Waals surface area contributed by atoms with E-state index in [1.165, 1.54) is 4.57 Å². The first kappa shape index (κ1) is 28.1. The summed E-state index contributed by atoms with van der Waals surface area (Å²) < 4.78 is 2.90. The summed E-state index contributed by atoms with van der Waals surface area (Å²) in [6, 6.07) is 9.47. The number of nitrogens with zero attached hydrogens (tertiary/aromatic N) is 6. The predicted octanol–water partition coefficient (Wildman–Crippen LogP) is 3.37. The van der Waals surface area contributed by atoms with E-state index in [9.17, 15) is 9.59 Å². The van der Waals surface area contributed by atoms with Gasteiger partial charge < -0.3 is 9.80 Å². The van der Waals surface area contributed by atoms with Crippen LogP contribution in [0.4, 0.5) is 11.5 Å². The minimum absolute atomic E-state index is 0.152. The Morgan fingerprint density at radius 2 is 1.90 bits per heavy atom. The lowest BCUT2D eigenvalue weighted by Gasteiger charge is -2.43. The molecule has 0 bridgehead atoms. The molecule has 1 aromatic carbocycles. The lowest BCUT2D eigenvalue weighted by Crippen LogP contribution is -2.60. The number of hydrogen-bond donors (Lipinski definition) is 1. The monoisotopic (exact) mass is 547 g/mol. The molecule has 1 saturated heterocycles. The average molecular weight is 548 g/mol. The van der Waals surface area contributed by atoms with Crippen molar-refractivity contribution in [3.63, 3.8) is 0 Å². The van der Waals surface area contributed by atoms with Crippen molar-refractivity contribution in [2.45, 2.75) is 65.4 Å². The second-order valence-electron chi connectivity index (χ2n) is 12.1. The molecule has 40 heavy (non-hydrogen) atoms. The number of aromatic nitrogens is 3. The van der Waals surface area contributed by atoms with Gasteiger partial charge in [-0.05, 0) is 59.6 Å². The van der Waals surface area contributed by atoms with Gasteiger partial charge in [0, 0.05) is 51.4 Å². The molecule has 10 nitrogen and oxygen atoms in total. The van der Waals surface area contributed by atoms with Gasteiger partial charge in [-0.1, -0.05) is 29.8 Å². The van der Waals surface area contributed by atoms with Crippen LogP contribution < -0.4 is 26.5 Å². The molecule has 2 aliphatic rings. The molecule has 214 valence electrons. The number of piperidine rings is 1. The fraction of sp³-hybridized carbons (Fsp3) is 0.500. The number of benzene rings is 1. The van der Waals surface area contributed by atoms with Gasteiger partial charge in [-0.25, -0.2) is 9.36 Å². The molecule has 0 amide bonds. The van der Waals surface area contributed by atoms with Crippen LogP contribution in [0.5, 0.6) is 0 Å². The molecule has 0 saturated carbocycles. The van der Waals surface area contributed by atoms with E-state index in [0.29, 0.717) is 23.7 Å². The molecule has 2 atom stereocenters. The number of nitrogens with one attached hydrogen (secondary N) is 1. The van der Waals surface area contributed by atoms with Gasteiger partial charge in [0.2, 0.25) is 0 Å². The standard InChI is InChI=1S/C30H41N7O3/c1-20(2)15-18-36-25-26(33(6)28(36)35-17-10-11-21(19-35)32-40-30(3,4)5)34(7)29(39)37(27(25)38)24-14-16-31-23-13-9-8-12-22(23)24/h8-9,12-16,21,28,32H,10-11,17-19H2,1-7H3. The van der Waals surface area contributed by atoms with Crippen LogP contribution in [-0.4, -0.2) is 63.6 Å². The molecule has 0 radical (unpaired) electrons. The Labute approximate surface area is 235 Å². The van der Waals surface area contributed by atoms with E-state index in [1.54, 1.807) is 23.9 Å². The molecule has 0 aliphatic carbocycles. The minimum Gasteiger partial charge on any atom is -0.327 e. The van der Waals surface area contributed by atoms with Crippen molar-refractivity contribution in [3.8, 4) is 5.69 Å². The molecule has 1 fully saturated rings. The topological polar surface area (TPSA) is 87.9 Å². The molecule has 3 aromatic rings. The number of pyridine rings is 1. The van der Waals surface area contributed by atoms with Crippen molar-refractivity contribution in [3.05, 3.63) is 69.0 Å². The normalized spacial score (nSPS) is 19.8. The third kappa shape index (κ3) is 5.18. The van der Waals surface area contributed by atoms with E-state index in [-0.39, 0.29) is 29.2 Å². The molecule has 2 unspecified atom stereocenters. The van der Waals surface area contributed by atoms with Crippen molar-refractivity contribution in [2.75, 3.05) is 36.5 Å². The molecule has 2 aromatic heterocycles. The summed E-state index contributed by atoms with van der Waals surface area (Å²) in [6.45, 7) is 12.4. The van der Waals surface area contributed by atoms with Gasteiger partial charge in [-0.15, -0.1) is 0 Å². The number of rotatable bonds is 6. The van der Waals surface area contributed by atoms with Crippen LogP contribution in [0.25, 0.3) is 16.6 Å². The Balaban J connectivity index is 1.62. The molecular weight excluding hydrogens is 506 g/mol. The zero-order valence-electron chi connectivity index (χ0n) is 24.6. The Bertz CT molecular complexity index is 1540. The van der Waals surface area contributed by atoms with Crippen molar-refractivity contribution in [1.29, 1.82) is 0 Å².